The minimum atomic E-state index is -0.169. The second-order valence-electron chi connectivity index (χ2n) is 4.81. The van der Waals surface area contributed by atoms with E-state index in [0.717, 1.165) is 12.8 Å². The molecule has 0 spiro atoms. The van der Waals surface area contributed by atoms with E-state index in [-0.39, 0.29) is 30.4 Å². The molecule has 3 N–H and O–H groups in total. The molecule has 1 heterocycles. The number of nitrogens with one attached hydrogen (secondary N) is 2. The number of anilines is 1. The number of hydrogen-bond acceptors (Lipinski definition) is 4. The molecule has 19 heavy (non-hydrogen) atoms. The number of amides is 2. The number of carbonyl (C=O) groups is 2. The Kier molecular flexibility index (Phi) is 4.55. The van der Waals surface area contributed by atoms with Crippen molar-refractivity contribution in [2.45, 2.75) is 32.2 Å². The summed E-state index contributed by atoms with van der Waals surface area (Å²) in [6.45, 7) is 1.89. The normalized spacial score (nSPS) is 15.9. The Morgan fingerprint density at radius 2 is 2.21 bits per heavy atom. The van der Waals surface area contributed by atoms with Gasteiger partial charge in [-0.2, -0.15) is 0 Å². The van der Waals surface area contributed by atoms with Gasteiger partial charge in [0.1, 0.15) is 0 Å². The van der Waals surface area contributed by atoms with E-state index in [2.05, 4.69) is 10.6 Å². The van der Waals surface area contributed by atoms with Crippen LogP contribution in [0, 0.1) is 5.92 Å². The molecule has 2 rings (SSSR count). The molecule has 1 atom stereocenters. The van der Waals surface area contributed by atoms with Gasteiger partial charge in [-0.15, -0.1) is 11.3 Å². The second kappa shape index (κ2) is 6.16. The highest BCUT2D eigenvalue weighted by Crippen LogP contribution is 2.31. The maximum absolute atomic E-state index is 11.9. The SMILES string of the molecule is CC(CCO)NC(=O)c1ccc(NC(=O)C2CC2)s1. The standard InChI is InChI=1S/C13H18N2O3S/c1-8(6-7-16)14-13(18)10-4-5-11(19-10)15-12(17)9-2-3-9/h4-5,8-9,16H,2-3,6-7H2,1H3,(H,14,18)(H,15,17). The molecule has 1 aromatic rings. The fraction of sp³-hybridized carbons (Fsp3) is 0.538. The molecular weight excluding hydrogens is 264 g/mol. The van der Waals surface area contributed by atoms with Crippen LogP contribution in [0.3, 0.4) is 0 Å². The third kappa shape index (κ3) is 4.04. The summed E-state index contributed by atoms with van der Waals surface area (Å²) < 4.78 is 0. The first-order valence-electron chi connectivity index (χ1n) is 6.42. The number of hydrogen-bond donors (Lipinski definition) is 3. The van der Waals surface area contributed by atoms with Crippen molar-refractivity contribution in [3.8, 4) is 0 Å². The van der Waals surface area contributed by atoms with Crippen molar-refractivity contribution in [3.05, 3.63) is 17.0 Å². The van der Waals surface area contributed by atoms with Crippen LogP contribution in [0.1, 0.15) is 35.9 Å². The van der Waals surface area contributed by atoms with Gasteiger partial charge in [-0.25, -0.2) is 0 Å². The Hall–Kier alpha value is -1.40. The van der Waals surface area contributed by atoms with Crippen molar-refractivity contribution in [1.82, 2.24) is 5.32 Å². The summed E-state index contributed by atoms with van der Waals surface area (Å²) in [5.74, 6) is 0.0317. The maximum Gasteiger partial charge on any atom is 0.261 e. The van der Waals surface area contributed by atoms with Gasteiger partial charge in [0.15, 0.2) is 0 Å². The van der Waals surface area contributed by atoms with Crippen LogP contribution in [-0.2, 0) is 4.79 Å². The molecule has 0 aromatic carbocycles. The first-order valence-corrected chi connectivity index (χ1v) is 7.24. The predicted octanol–water partition coefficient (Wildman–Crippen LogP) is 1.60. The summed E-state index contributed by atoms with van der Waals surface area (Å²) in [5.41, 5.74) is 0. The highest BCUT2D eigenvalue weighted by atomic mass is 32.1. The monoisotopic (exact) mass is 282 g/mol. The van der Waals surface area contributed by atoms with Crippen molar-refractivity contribution in [1.29, 1.82) is 0 Å². The largest absolute Gasteiger partial charge is 0.396 e. The molecule has 1 unspecified atom stereocenters. The van der Waals surface area contributed by atoms with Gasteiger partial charge in [0.05, 0.1) is 9.88 Å². The smallest absolute Gasteiger partial charge is 0.261 e. The van der Waals surface area contributed by atoms with Crippen LogP contribution < -0.4 is 10.6 Å². The summed E-state index contributed by atoms with van der Waals surface area (Å²) in [6, 6.07) is 3.38. The highest BCUT2D eigenvalue weighted by Gasteiger charge is 2.29. The molecule has 0 saturated heterocycles. The zero-order chi connectivity index (χ0) is 13.8. The molecule has 1 aliphatic carbocycles. The first-order chi connectivity index (χ1) is 9.10. The van der Waals surface area contributed by atoms with Gasteiger partial charge in [-0.1, -0.05) is 0 Å². The second-order valence-corrected chi connectivity index (χ2v) is 5.90. The molecule has 1 aliphatic rings. The van der Waals surface area contributed by atoms with E-state index >= 15 is 0 Å². The topological polar surface area (TPSA) is 78.4 Å². The van der Waals surface area contributed by atoms with Gasteiger partial charge in [-0.3, -0.25) is 9.59 Å². The molecule has 0 aliphatic heterocycles. The summed E-state index contributed by atoms with van der Waals surface area (Å²) in [5, 5.41) is 15.1. The van der Waals surface area contributed by atoms with Crippen LogP contribution in [0.15, 0.2) is 12.1 Å². The number of aliphatic hydroxyl groups excluding tert-OH is 1. The van der Waals surface area contributed by atoms with Crippen molar-refractivity contribution in [2.24, 2.45) is 5.92 Å². The third-order valence-electron chi connectivity index (χ3n) is 2.96. The molecular formula is C13H18N2O3S. The molecule has 6 heteroatoms. The van der Waals surface area contributed by atoms with E-state index < -0.39 is 0 Å². The Balaban J connectivity index is 1.88. The van der Waals surface area contributed by atoms with Gasteiger partial charge >= 0.3 is 0 Å². The lowest BCUT2D eigenvalue weighted by Crippen LogP contribution is -2.32. The van der Waals surface area contributed by atoms with E-state index in [9.17, 15) is 9.59 Å². The number of aliphatic hydroxyl groups is 1. The average molecular weight is 282 g/mol. The fourth-order valence-corrected chi connectivity index (χ4v) is 2.47. The molecule has 104 valence electrons. The van der Waals surface area contributed by atoms with Crippen LogP contribution >= 0.6 is 11.3 Å². The summed E-state index contributed by atoms with van der Waals surface area (Å²) in [4.78, 5) is 24.0. The number of carbonyl (C=O) groups excluding carboxylic acids is 2. The van der Waals surface area contributed by atoms with Crippen LogP contribution in [0.5, 0.6) is 0 Å². The minimum Gasteiger partial charge on any atom is -0.396 e. The van der Waals surface area contributed by atoms with E-state index in [1.54, 1.807) is 12.1 Å². The molecule has 1 saturated carbocycles. The van der Waals surface area contributed by atoms with Crippen LogP contribution in [-0.4, -0.2) is 29.6 Å². The molecule has 5 nitrogen and oxygen atoms in total. The third-order valence-corrected chi connectivity index (χ3v) is 3.96. The van der Waals surface area contributed by atoms with E-state index in [0.29, 0.717) is 16.3 Å². The predicted molar refractivity (Wildman–Crippen MR) is 74.3 cm³/mol. The summed E-state index contributed by atoms with van der Waals surface area (Å²) >= 11 is 1.27. The van der Waals surface area contributed by atoms with Crippen molar-refractivity contribution in [3.63, 3.8) is 0 Å². The fourth-order valence-electron chi connectivity index (χ4n) is 1.66. The Morgan fingerprint density at radius 3 is 2.84 bits per heavy atom. The quantitative estimate of drug-likeness (QED) is 0.741. The number of thiophene rings is 1. The zero-order valence-electron chi connectivity index (χ0n) is 10.8. The summed E-state index contributed by atoms with van der Waals surface area (Å²) in [6.07, 6.45) is 2.45. The maximum atomic E-state index is 11.9. The molecule has 0 bridgehead atoms. The molecule has 0 radical (unpaired) electrons. The lowest BCUT2D eigenvalue weighted by molar-refractivity contribution is -0.117. The lowest BCUT2D eigenvalue weighted by Gasteiger charge is -2.10. The van der Waals surface area contributed by atoms with Crippen molar-refractivity contribution >= 4 is 28.2 Å². The zero-order valence-corrected chi connectivity index (χ0v) is 11.6. The summed E-state index contributed by atoms with van der Waals surface area (Å²) in [7, 11) is 0. The van der Waals surface area contributed by atoms with E-state index in [4.69, 9.17) is 5.11 Å². The van der Waals surface area contributed by atoms with Crippen molar-refractivity contribution < 1.29 is 14.7 Å². The molecule has 2 amide bonds. The van der Waals surface area contributed by atoms with E-state index in [1.807, 2.05) is 6.92 Å². The van der Waals surface area contributed by atoms with Gasteiger partial charge in [-0.05, 0) is 38.3 Å². The van der Waals surface area contributed by atoms with Gasteiger partial charge in [0, 0.05) is 18.6 Å². The Morgan fingerprint density at radius 1 is 1.47 bits per heavy atom. The molecule has 1 fully saturated rings. The lowest BCUT2D eigenvalue weighted by atomic mass is 10.2. The Bertz CT molecular complexity index is 468. The Labute approximate surface area is 116 Å². The van der Waals surface area contributed by atoms with Gasteiger partial charge in [0.25, 0.3) is 5.91 Å². The van der Waals surface area contributed by atoms with E-state index in [1.165, 1.54) is 11.3 Å². The number of rotatable bonds is 6. The van der Waals surface area contributed by atoms with Crippen LogP contribution in [0.25, 0.3) is 0 Å². The highest BCUT2D eigenvalue weighted by molar-refractivity contribution is 7.18. The first kappa shape index (κ1) is 14.0. The van der Waals surface area contributed by atoms with Gasteiger partial charge in [0.2, 0.25) is 5.91 Å². The minimum absolute atomic E-state index is 0.0439. The van der Waals surface area contributed by atoms with Crippen LogP contribution in [0.4, 0.5) is 5.00 Å². The molecule has 1 aromatic heterocycles. The van der Waals surface area contributed by atoms with Crippen LogP contribution in [0.2, 0.25) is 0 Å². The van der Waals surface area contributed by atoms with Gasteiger partial charge < -0.3 is 15.7 Å². The van der Waals surface area contributed by atoms with Crippen molar-refractivity contribution in [2.75, 3.05) is 11.9 Å². The average Bonchev–Trinajstić information content (AvgIpc) is 3.10.